The second kappa shape index (κ2) is 9.76. The Hall–Kier alpha value is -2.53. The molecule has 0 bridgehead atoms. The monoisotopic (exact) mass is 476 g/mol. The van der Waals surface area contributed by atoms with Crippen molar-refractivity contribution in [2.45, 2.75) is 63.4 Å². The summed E-state index contributed by atoms with van der Waals surface area (Å²) in [5.74, 6) is -0.530. The van der Waals surface area contributed by atoms with Crippen molar-refractivity contribution in [3.8, 4) is 0 Å². The van der Waals surface area contributed by atoms with E-state index in [4.69, 9.17) is 18.6 Å². The molecule has 4 atom stereocenters. The number of benzene rings is 1. The van der Waals surface area contributed by atoms with Gasteiger partial charge in [-0.3, -0.25) is 14.3 Å². The molecule has 1 aromatic heterocycles. The van der Waals surface area contributed by atoms with E-state index in [-0.39, 0.29) is 11.6 Å². The van der Waals surface area contributed by atoms with Gasteiger partial charge < -0.3 is 18.6 Å². The molecule has 0 unspecified atom stereocenters. The first kappa shape index (κ1) is 25.1. The Morgan fingerprint density at radius 1 is 1.12 bits per heavy atom. The van der Waals surface area contributed by atoms with Gasteiger partial charge in [0.15, 0.2) is 20.6 Å². The average molecular weight is 477 g/mol. The quantitative estimate of drug-likeness (QED) is 0.483. The molecule has 0 amide bonds. The van der Waals surface area contributed by atoms with E-state index in [1.54, 1.807) is 24.3 Å². The van der Waals surface area contributed by atoms with Crippen LogP contribution in [-0.4, -0.2) is 55.9 Å². The zero-order valence-electron chi connectivity index (χ0n) is 19.9. The SMILES string of the molecule is CO[C@@H]1[C@H](OC(=O)c2ccccc2)[C@@H](CO[Si](C)(C)C(C)(C)C)O[C@H]1n1ccc(=O)[nH]c1=O. The zero-order chi connectivity index (χ0) is 24.4. The number of nitrogens with zero attached hydrogens (tertiary/aromatic N) is 1. The molecule has 1 aliphatic rings. The van der Waals surface area contributed by atoms with Gasteiger partial charge >= 0.3 is 11.7 Å². The number of H-pyrrole nitrogens is 1. The first-order valence-electron chi connectivity index (χ1n) is 10.8. The molecule has 0 radical (unpaired) electrons. The fourth-order valence-corrected chi connectivity index (χ4v) is 4.37. The molecule has 0 aliphatic carbocycles. The molecule has 1 aromatic carbocycles. The Bertz CT molecular complexity index is 1070. The molecule has 0 spiro atoms. The Morgan fingerprint density at radius 3 is 2.36 bits per heavy atom. The number of aromatic nitrogens is 2. The van der Waals surface area contributed by atoms with Crippen LogP contribution < -0.4 is 11.2 Å². The molecule has 1 fully saturated rings. The Balaban J connectivity index is 1.92. The number of rotatable bonds is 7. The van der Waals surface area contributed by atoms with Gasteiger partial charge in [-0.15, -0.1) is 0 Å². The molecule has 1 N–H and O–H groups in total. The van der Waals surface area contributed by atoms with Crippen molar-refractivity contribution in [3.05, 3.63) is 69.0 Å². The van der Waals surface area contributed by atoms with E-state index in [2.05, 4.69) is 38.8 Å². The summed E-state index contributed by atoms with van der Waals surface area (Å²) in [6, 6.07) is 9.84. The summed E-state index contributed by atoms with van der Waals surface area (Å²) in [6.07, 6.45) is -1.89. The maximum absolute atomic E-state index is 12.8. The summed E-state index contributed by atoms with van der Waals surface area (Å²) < 4.78 is 25.2. The molecule has 9 nitrogen and oxygen atoms in total. The van der Waals surface area contributed by atoms with Crippen molar-refractivity contribution in [3.63, 3.8) is 0 Å². The Kier molecular flexibility index (Phi) is 7.42. The van der Waals surface area contributed by atoms with Gasteiger partial charge in [0, 0.05) is 19.4 Å². The van der Waals surface area contributed by atoms with Gasteiger partial charge in [-0.25, -0.2) is 9.59 Å². The first-order valence-corrected chi connectivity index (χ1v) is 13.7. The number of hydrogen-bond acceptors (Lipinski definition) is 7. The number of aromatic amines is 1. The third kappa shape index (κ3) is 5.52. The van der Waals surface area contributed by atoms with E-state index in [1.807, 2.05) is 6.07 Å². The number of carbonyl (C=O) groups excluding carboxylic acids is 1. The number of nitrogens with one attached hydrogen (secondary N) is 1. The molecule has 10 heteroatoms. The van der Waals surface area contributed by atoms with Gasteiger partial charge in [-0.1, -0.05) is 39.0 Å². The lowest BCUT2D eigenvalue weighted by Gasteiger charge is -2.37. The van der Waals surface area contributed by atoms with Crippen LogP contribution >= 0.6 is 0 Å². The maximum Gasteiger partial charge on any atom is 0.338 e. The van der Waals surface area contributed by atoms with Crippen molar-refractivity contribution in [2.75, 3.05) is 13.7 Å². The fraction of sp³-hybridized carbons (Fsp3) is 0.522. The van der Waals surface area contributed by atoms with E-state index < -0.39 is 50.1 Å². The Labute approximate surface area is 193 Å². The van der Waals surface area contributed by atoms with E-state index in [0.29, 0.717) is 5.56 Å². The average Bonchev–Trinajstić information content (AvgIpc) is 3.09. The van der Waals surface area contributed by atoms with Crippen LogP contribution in [0.1, 0.15) is 37.4 Å². The van der Waals surface area contributed by atoms with Gasteiger partial charge in [0.05, 0.1) is 12.2 Å². The summed E-state index contributed by atoms with van der Waals surface area (Å²) in [6.45, 7) is 10.8. The minimum Gasteiger partial charge on any atom is -0.453 e. The van der Waals surface area contributed by atoms with Crippen LogP contribution in [0, 0.1) is 0 Å². The van der Waals surface area contributed by atoms with Crippen LogP contribution in [0.5, 0.6) is 0 Å². The summed E-state index contributed by atoms with van der Waals surface area (Å²) in [5.41, 5.74) is -0.775. The van der Waals surface area contributed by atoms with E-state index in [1.165, 1.54) is 23.9 Å². The van der Waals surface area contributed by atoms with Crippen LogP contribution in [0.3, 0.4) is 0 Å². The predicted octanol–water partition coefficient (Wildman–Crippen LogP) is 2.70. The lowest BCUT2D eigenvalue weighted by Crippen LogP contribution is -2.45. The van der Waals surface area contributed by atoms with Crippen molar-refractivity contribution in [2.24, 2.45) is 0 Å². The van der Waals surface area contributed by atoms with Crippen LogP contribution in [0.2, 0.25) is 18.1 Å². The molecule has 180 valence electrons. The smallest absolute Gasteiger partial charge is 0.338 e. The molecular formula is C23H32N2O7Si. The van der Waals surface area contributed by atoms with Gasteiger partial charge in [0.2, 0.25) is 0 Å². The second-order valence-electron chi connectivity index (χ2n) is 9.59. The highest BCUT2D eigenvalue weighted by Gasteiger charge is 2.50. The standard InChI is InChI=1S/C23H32N2O7Si/c1-23(2,3)33(5,6)30-14-16-18(32-21(27)15-10-8-7-9-11-15)19(29-4)20(31-16)25-13-12-17(26)24-22(25)28/h7-13,16,18-20H,14H2,1-6H3,(H,24,26,28)/t16-,18-,19-,20-/m1/s1. The summed E-state index contributed by atoms with van der Waals surface area (Å²) in [5, 5.41) is -0.0300. The molecular weight excluding hydrogens is 444 g/mol. The molecule has 1 saturated heterocycles. The topological polar surface area (TPSA) is 109 Å². The first-order chi connectivity index (χ1) is 15.4. The van der Waals surface area contributed by atoms with Crippen LogP contribution in [-0.2, 0) is 18.6 Å². The van der Waals surface area contributed by atoms with Gasteiger partial charge in [-0.05, 0) is 30.3 Å². The minimum absolute atomic E-state index is 0.0300. The highest BCUT2D eigenvalue weighted by molar-refractivity contribution is 6.74. The lowest BCUT2D eigenvalue weighted by molar-refractivity contribution is -0.0613. The van der Waals surface area contributed by atoms with Crippen molar-refractivity contribution >= 4 is 14.3 Å². The van der Waals surface area contributed by atoms with Crippen molar-refractivity contribution < 1.29 is 23.4 Å². The van der Waals surface area contributed by atoms with Crippen LogP contribution in [0.4, 0.5) is 0 Å². The number of ether oxygens (including phenoxy) is 3. The van der Waals surface area contributed by atoms with Gasteiger partial charge in [0.1, 0.15) is 12.2 Å². The molecule has 3 rings (SSSR count). The van der Waals surface area contributed by atoms with Crippen LogP contribution in [0.25, 0.3) is 0 Å². The fourth-order valence-electron chi connectivity index (χ4n) is 3.36. The summed E-state index contributed by atoms with van der Waals surface area (Å²) in [7, 11) is -0.679. The zero-order valence-corrected chi connectivity index (χ0v) is 20.9. The molecule has 0 saturated carbocycles. The normalized spacial score (nSPS) is 23.5. The van der Waals surface area contributed by atoms with Crippen molar-refractivity contribution in [1.29, 1.82) is 0 Å². The minimum atomic E-state index is -2.14. The third-order valence-electron chi connectivity index (χ3n) is 6.35. The molecule has 33 heavy (non-hydrogen) atoms. The van der Waals surface area contributed by atoms with Gasteiger partial charge in [-0.2, -0.15) is 0 Å². The molecule has 2 aromatic rings. The predicted molar refractivity (Wildman–Crippen MR) is 125 cm³/mol. The highest BCUT2D eigenvalue weighted by atomic mass is 28.4. The number of hydrogen-bond donors (Lipinski definition) is 1. The third-order valence-corrected chi connectivity index (χ3v) is 10.9. The lowest BCUT2D eigenvalue weighted by atomic mass is 10.1. The highest BCUT2D eigenvalue weighted by Crippen LogP contribution is 2.38. The Morgan fingerprint density at radius 2 is 1.79 bits per heavy atom. The van der Waals surface area contributed by atoms with E-state index in [0.717, 1.165) is 0 Å². The largest absolute Gasteiger partial charge is 0.453 e. The summed E-state index contributed by atoms with van der Waals surface area (Å²) >= 11 is 0. The van der Waals surface area contributed by atoms with Crippen molar-refractivity contribution in [1.82, 2.24) is 9.55 Å². The van der Waals surface area contributed by atoms with E-state index >= 15 is 0 Å². The van der Waals surface area contributed by atoms with E-state index in [9.17, 15) is 14.4 Å². The number of methoxy groups -OCH3 is 1. The second-order valence-corrected chi connectivity index (χ2v) is 14.4. The van der Waals surface area contributed by atoms with Crippen LogP contribution in [0.15, 0.2) is 52.2 Å². The number of esters is 1. The molecule has 2 heterocycles. The number of carbonyl (C=O) groups is 1. The van der Waals surface area contributed by atoms with Gasteiger partial charge in [0.25, 0.3) is 5.56 Å². The summed E-state index contributed by atoms with van der Waals surface area (Å²) in [4.78, 5) is 39.0. The maximum atomic E-state index is 12.8. The molecule has 1 aliphatic heterocycles.